The van der Waals surface area contributed by atoms with Crippen LogP contribution in [0.15, 0.2) is 0 Å². The summed E-state index contributed by atoms with van der Waals surface area (Å²) in [5, 5.41) is 4.66. The second-order valence-electron chi connectivity index (χ2n) is 14.4. The van der Waals surface area contributed by atoms with Gasteiger partial charge in [-0.25, -0.2) is 4.79 Å². The fourth-order valence-corrected chi connectivity index (χ4v) is 7.30. The van der Waals surface area contributed by atoms with E-state index in [1.807, 2.05) is 41.5 Å². The molecule has 15 heteroatoms. The second-order valence-corrected chi connectivity index (χ2v) is 14.4. The molecule has 0 radical (unpaired) electrons. The predicted octanol–water partition coefficient (Wildman–Crippen LogP) is 1.11. The van der Waals surface area contributed by atoms with Crippen molar-refractivity contribution in [2.45, 2.75) is 159 Å². The number of hydrogen-bond acceptors (Lipinski definition) is 14. The summed E-state index contributed by atoms with van der Waals surface area (Å²) in [6.45, 7) is 16.6. The number of carbonyl (C=O) groups is 2. The number of methoxy groups -OCH3 is 1. The molecule has 6 rings (SSSR count). The Morgan fingerprint density at radius 2 is 1.31 bits per heavy atom. The molecule has 0 aliphatic carbocycles. The molecule has 0 aromatic heterocycles. The Labute approximate surface area is 263 Å². The molecule has 0 spiro atoms. The van der Waals surface area contributed by atoms with Gasteiger partial charge in [0.05, 0.1) is 32.4 Å². The highest BCUT2D eigenvalue weighted by molar-refractivity contribution is 5.75. The topological polar surface area (TPSA) is 151 Å². The lowest BCUT2D eigenvalue weighted by atomic mass is 9.91. The minimum Gasteiger partial charge on any atom is -0.467 e. The van der Waals surface area contributed by atoms with Crippen LogP contribution >= 0.6 is 0 Å². The van der Waals surface area contributed by atoms with Crippen LogP contribution in [0.4, 0.5) is 0 Å². The molecule has 0 bridgehead atoms. The van der Waals surface area contributed by atoms with Crippen LogP contribution in [0.25, 0.3) is 0 Å². The van der Waals surface area contributed by atoms with Crippen molar-refractivity contribution in [1.29, 1.82) is 0 Å². The molecule has 1 unspecified atom stereocenters. The van der Waals surface area contributed by atoms with E-state index < -0.39 is 96.3 Å². The maximum atomic E-state index is 12.9. The first-order chi connectivity index (χ1) is 20.9. The Balaban J connectivity index is 1.35. The van der Waals surface area contributed by atoms with E-state index in [2.05, 4.69) is 5.32 Å². The molecule has 0 saturated carbocycles. The minimum atomic E-state index is -1.01. The molecular weight excluding hydrogens is 596 g/mol. The minimum absolute atomic E-state index is 0.153. The van der Waals surface area contributed by atoms with Crippen molar-refractivity contribution in [1.82, 2.24) is 10.4 Å². The van der Waals surface area contributed by atoms with Gasteiger partial charge in [0.2, 0.25) is 5.91 Å². The van der Waals surface area contributed by atoms with Crippen LogP contribution in [0.2, 0.25) is 0 Å². The van der Waals surface area contributed by atoms with E-state index in [4.69, 9.17) is 52.2 Å². The molecule has 6 aliphatic rings. The van der Waals surface area contributed by atoms with E-state index in [1.165, 1.54) is 14.0 Å². The van der Waals surface area contributed by atoms with Crippen molar-refractivity contribution in [3.8, 4) is 0 Å². The molecular formula is C30H48N2O13. The molecule has 11 atom stereocenters. The zero-order valence-corrected chi connectivity index (χ0v) is 27.7. The Hall–Kier alpha value is -1.50. The van der Waals surface area contributed by atoms with Gasteiger partial charge < -0.3 is 52.7 Å². The van der Waals surface area contributed by atoms with Gasteiger partial charge in [0.15, 0.2) is 35.5 Å². The SMILES string of the molecule is COC(=O)[C@@H]1C[C@@H](C(NC(C)=O)[C@H]2OC(C)(C)O[C@@H]2[C@H]2COC(C)(C)O2)N([C@H]2O[C@H]([C@H]3COC(C)(C)O3)[C@@H]3OC(C)(C)O[C@@H]32)O1. The van der Waals surface area contributed by atoms with Gasteiger partial charge in [0.25, 0.3) is 0 Å². The smallest absolute Gasteiger partial charge is 0.337 e. The molecule has 0 aromatic rings. The Kier molecular flexibility index (Phi) is 8.60. The van der Waals surface area contributed by atoms with E-state index in [9.17, 15) is 9.59 Å². The molecule has 6 heterocycles. The van der Waals surface area contributed by atoms with Crippen molar-refractivity contribution in [2.75, 3.05) is 20.3 Å². The molecule has 15 nitrogen and oxygen atoms in total. The van der Waals surface area contributed by atoms with E-state index in [-0.39, 0.29) is 18.9 Å². The lowest BCUT2D eigenvalue weighted by Crippen LogP contribution is -2.61. The van der Waals surface area contributed by atoms with Crippen LogP contribution < -0.4 is 5.32 Å². The first-order valence-corrected chi connectivity index (χ1v) is 15.7. The average molecular weight is 645 g/mol. The number of fused-ring (bicyclic) bond motifs is 1. The summed E-state index contributed by atoms with van der Waals surface area (Å²) >= 11 is 0. The third-order valence-corrected chi connectivity index (χ3v) is 8.91. The summed E-state index contributed by atoms with van der Waals surface area (Å²) in [6.07, 6.45) is -5.71. The summed E-state index contributed by atoms with van der Waals surface area (Å²) < 4.78 is 61.4. The molecule has 6 aliphatic heterocycles. The summed E-state index contributed by atoms with van der Waals surface area (Å²) in [6, 6.07) is -1.41. The number of hydroxylamine groups is 2. The van der Waals surface area contributed by atoms with Crippen LogP contribution in [-0.2, 0) is 61.8 Å². The number of carbonyl (C=O) groups excluding carboxylic acids is 2. The summed E-state index contributed by atoms with van der Waals surface area (Å²) in [4.78, 5) is 32.0. The van der Waals surface area contributed by atoms with E-state index in [0.29, 0.717) is 6.61 Å². The number of esters is 1. The van der Waals surface area contributed by atoms with Gasteiger partial charge in [0, 0.05) is 13.3 Å². The Bertz CT molecular complexity index is 1150. The molecule has 1 amide bonds. The van der Waals surface area contributed by atoms with Gasteiger partial charge in [-0.1, -0.05) is 0 Å². The highest BCUT2D eigenvalue weighted by Crippen LogP contribution is 2.46. The van der Waals surface area contributed by atoms with Crippen molar-refractivity contribution < 1.29 is 61.8 Å². The standard InChI is InChI=1S/C30H48N2O13/c1-14(33)31-19(22-21(41-29(6,7)42-22)18-13-37-28(4,5)40-18)15-11-16(26(34)35-10)45-32(15)25-24-23(43-30(8,9)44-24)20(38-25)17-12-36-27(2,3)39-17/h15-25H,11-13H2,1-10H3,(H,31,33)/t15-,16-,17+,18+,19?,20+,21+,22+,23-,24-,25-/m0/s1. The lowest BCUT2D eigenvalue weighted by Gasteiger charge is -2.39. The first-order valence-electron chi connectivity index (χ1n) is 15.7. The number of ether oxygens (including phenoxy) is 10. The third kappa shape index (κ3) is 6.64. The predicted molar refractivity (Wildman–Crippen MR) is 151 cm³/mol. The molecule has 6 fully saturated rings. The van der Waals surface area contributed by atoms with Crippen molar-refractivity contribution >= 4 is 11.9 Å². The monoisotopic (exact) mass is 644 g/mol. The number of nitrogens with zero attached hydrogens (tertiary/aromatic N) is 1. The molecule has 1 N–H and O–H groups in total. The van der Waals surface area contributed by atoms with Crippen molar-refractivity contribution in [3.63, 3.8) is 0 Å². The van der Waals surface area contributed by atoms with E-state index in [1.54, 1.807) is 18.9 Å². The first kappa shape index (κ1) is 33.4. The zero-order valence-electron chi connectivity index (χ0n) is 27.7. The van der Waals surface area contributed by atoms with Gasteiger partial charge in [-0.05, 0) is 55.4 Å². The van der Waals surface area contributed by atoms with Crippen molar-refractivity contribution in [2.24, 2.45) is 0 Å². The average Bonchev–Trinajstić information content (AvgIpc) is 3.75. The number of amides is 1. The van der Waals surface area contributed by atoms with E-state index in [0.717, 1.165) is 0 Å². The Morgan fingerprint density at radius 3 is 1.87 bits per heavy atom. The highest BCUT2D eigenvalue weighted by Gasteiger charge is 2.64. The van der Waals surface area contributed by atoms with E-state index >= 15 is 0 Å². The quantitative estimate of drug-likeness (QED) is 0.394. The lowest BCUT2D eigenvalue weighted by molar-refractivity contribution is -0.294. The maximum absolute atomic E-state index is 12.9. The van der Waals surface area contributed by atoms with Gasteiger partial charge in [0.1, 0.15) is 42.7 Å². The summed E-state index contributed by atoms with van der Waals surface area (Å²) in [5.41, 5.74) is 0. The van der Waals surface area contributed by atoms with Crippen LogP contribution in [-0.4, -0.2) is 128 Å². The zero-order chi connectivity index (χ0) is 32.7. The normalized spacial score (nSPS) is 43.8. The molecule has 45 heavy (non-hydrogen) atoms. The molecule has 0 aromatic carbocycles. The molecule has 6 saturated heterocycles. The number of nitrogens with one attached hydrogen (secondary N) is 1. The van der Waals surface area contributed by atoms with Gasteiger partial charge in [-0.2, -0.15) is 5.06 Å². The largest absolute Gasteiger partial charge is 0.467 e. The van der Waals surface area contributed by atoms with Gasteiger partial charge >= 0.3 is 5.97 Å². The highest BCUT2D eigenvalue weighted by atomic mass is 16.8. The third-order valence-electron chi connectivity index (χ3n) is 8.91. The van der Waals surface area contributed by atoms with Crippen molar-refractivity contribution in [3.05, 3.63) is 0 Å². The van der Waals surface area contributed by atoms with Crippen LogP contribution in [0.3, 0.4) is 0 Å². The van der Waals surface area contributed by atoms with Crippen LogP contribution in [0.1, 0.15) is 68.7 Å². The van der Waals surface area contributed by atoms with Crippen LogP contribution in [0.5, 0.6) is 0 Å². The second kappa shape index (κ2) is 11.6. The fourth-order valence-electron chi connectivity index (χ4n) is 7.30. The Morgan fingerprint density at radius 1 is 0.756 bits per heavy atom. The summed E-state index contributed by atoms with van der Waals surface area (Å²) in [5.74, 6) is -4.42. The number of rotatable bonds is 7. The van der Waals surface area contributed by atoms with Gasteiger partial charge in [-0.3, -0.25) is 9.63 Å². The fraction of sp³-hybridized carbons (Fsp3) is 0.933. The molecule has 256 valence electrons. The maximum Gasteiger partial charge on any atom is 0.337 e. The van der Waals surface area contributed by atoms with Crippen LogP contribution in [0, 0.1) is 0 Å². The number of hydrogen-bond donors (Lipinski definition) is 1. The summed E-state index contributed by atoms with van der Waals surface area (Å²) in [7, 11) is 1.30. The van der Waals surface area contributed by atoms with Gasteiger partial charge in [-0.15, -0.1) is 0 Å².